The van der Waals surface area contributed by atoms with E-state index in [1.807, 2.05) is 0 Å². The molecule has 3 rings (SSSR count). The summed E-state index contributed by atoms with van der Waals surface area (Å²) in [5, 5.41) is 4.79. The number of aromatic amines is 1. The minimum absolute atomic E-state index is 0.678. The molecular formula is C16H23N3. The Hall–Kier alpha value is -1.32. The van der Waals surface area contributed by atoms with Crippen molar-refractivity contribution >= 4 is 10.9 Å². The molecule has 102 valence electrons. The summed E-state index contributed by atoms with van der Waals surface area (Å²) in [5.41, 5.74) is 2.70. The fourth-order valence-electron chi connectivity index (χ4n) is 3.11. The van der Waals surface area contributed by atoms with Crippen molar-refractivity contribution in [3.05, 3.63) is 36.0 Å². The van der Waals surface area contributed by atoms with Crippen molar-refractivity contribution in [2.75, 3.05) is 26.7 Å². The molecule has 2 aromatic rings. The first kappa shape index (κ1) is 12.7. The molecule has 1 aliphatic rings. The predicted molar refractivity (Wildman–Crippen MR) is 80.5 cm³/mol. The van der Waals surface area contributed by atoms with Gasteiger partial charge >= 0.3 is 0 Å². The van der Waals surface area contributed by atoms with Crippen LogP contribution in [0.15, 0.2) is 30.5 Å². The van der Waals surface area contributed by atoms with Crippen LogP contribution < -0.4 is 5.32 Å². The second-order valence-corrected chi connectivity index (χ2v) is 5.54. The number of hydrogen-bond donors (Lipinski definition) is 2. The number of nitrogens with zero attached hydrogens (tertiary/aromatic N) is 1. The average molecular weight is 257 g/mol. The molecule has 3 heteroatoms. The maximum Gasteiger partial charge on any atom is 0.0456 e. The van der Waals surface area contributed by atoms with E-state index >= 15 is 0 Å². The SMILES string of the molecule is CNC1CCCN(CCc2c[nH]c3ccccc23)C1. The Morgan fingerprint density at radius 1 is 1.37 bits per heavy atom. The van der Waals surface area contributed by atoms with Crippen LogP contribution in [0.3, 0.4) is 0 Å². The molecule has 2 N–H and O–H groups in total. The van der Waals surface area contributed by atoms with Crippen molar-refractivity contribution in [2.24, 2.45) is 0 Å². The summed E-state index contributed by atoms with van der Waals surface area (Å²) in [6.07, 6.45) is 5.95. The summed E-state index contributed by atoms with van der Waals surface area (Å²) in [6.45, 7) is 3.61. The van der Waals surface area contributed by atoms with Crippen LogP contribution in [0.25, 0.3) is 10.9 Å². The highest BCUT2D eigenvalue weighted by atomic mass is 15.2. The molecule has 1 aromatic heterocycles. The van der Waals surface area contributed by atoms with Gasteiger partial charge in [0.1, 0.15) is 0 Å². The molecule has 0 bridgehead atoms. The molecule has 2 heterocycles. The Morgan fingerprint density at radius 3 is 3.16 bits per heavy atom. The monoisotopic (exact) mass is 257 g/mol. The third-order valence-corrected chi connectivity index (χ3v) is 4.29. The minimum atomic E-state index is 0.678. The second kappa shape index (κ2) is 5.76. The lowest BCUT2D eigenvalue weighted by Gasteiger charge is -2.32. The van der Waals surface area contributed by atoms with E-state index in [2.05, 4.69) is 52.7 Å². The number of rotatable bonds is 4. The zero-order valence-electron chi connectivity index (χ0n) is 11.7. The first-order valence-corrected chi connectivity index (χ1v) is 7.31. The van der Waals surface area contributed by atoms with Crippen molar-refractivity contribution < 1.29 is 0 Å². The second-order valence-electron chi connectivity index (χ2n) is 5.54. The smallest absolute Gasteiger partial charge is 0.0456 e. The van der Waals surface area contributed by atoms with Crippen LogP contribution in [0.5, 0.6) is 0 Å². The number of H-pyrrole nitrogens is 1. The lowest BCUT2D eigenvalue weighted by Crippen LogP contribution is -2.44. The molecular weight excluding hydrogens is 234 g/mol. The summed E-state index contributed by atoms with van der Waals surface area (Å²) in [4.78, 5) is 5.95. The molecule has 0 saturated carbocycles. The largest absolute Gasteiger partial charge is 0.361 e. The first-order valence-electron chi connectivity index (χ1n) is 7.31. The van der Waals surface area contributed by atoms with Crippen LogP contribution in [0, 0.1) is 0 Å². The Bertz CT molecular complexity index is 532. The topological polar surface area (TPSA) is 31.1 Å². The van der Waals surface area contributed by atoms with Crippen LogP contribution in [-0.4, -0.2) is 42.6 Å². The molecule has 19 heavy (non-hydrogen) atoms. The van der Waals surface area contributed by atoms with Gasteiger partial charge in [-0.2, -0.15) is 0 Å². The van der Waals surface area contributed by atoms with Crippen molar-refractivity contribution in [1.29, 1.82) is 0 Å². The Kier molecular flexibility index (Phi) is 3.85. The van der Waals surface area contributed by atoms with Gasteiger partial charge in [-0.15, -0.1) is 0 Å². The number of fused-ring (bicyclic) bond motifs is 1. The van der Waals surface area contributed by atoms with E-state index in [1.165, 1.54) is 48.9 Å². The van der Waals surface area contributed by atoms with Gasteiger partial charge in [0, 0.05) is 36.2 Å². The van der Waals surface area contributed by atoms with Gasteiger partial charge in [-0.3, -0.25) is 0 Å². The first-order chi connectivity index (χ1) is 9.36. The summed E-state index contributed by atoms with van der Waals surface area (Å²) in [5.74, 6) is 0. The van der Waals surface area contributed by atoms with Crippen molar-refractivity contribution in [3.63, 3.8) is 0 Å². The third-order valence-electron chi connectivity index (χ3n) is 4.29. The van der Waals surface area contributed by atoms with Crippen molar-refractivity contribution in [2.45, 2.75) is 25.3 Å². The van der Waals surface area contributed by atoms with Crippen LogP contribution in [0.1, 0.15) is 18.4 Å². The molecule has 3 nitrogen and oxygen atoms in total. The minimum Gasteiger partial charge on any atom is -0.361 e. The molecule has 1 aliphatic heterocycles. The van der Waals surface area contributed by atoms with Gasteiger partial charge in [0.15, 0.2) is 0 Å². The van der Waals surface area contributed by atoms with Crippen LogP contribution in [0.2, 0.25) is 0 Å². The summed E-state index contributed by atoms with van der Waals surface area (Å²) < 4.78 is 0. The van der Waals surface area contributed by atoms with Crippen molar-refractivity contribution in [1.82, 2.24) is 15.2 Å². The standard InChI is InChI=1S/C16H23N3/c1-17-14-5-4-9-19(12-14)10-8-13-11-18-16-7-3-2-6-15(13)16/h2-3,6-7,11,14,17-18H,4-5,8-10,12H2,1H3. The lowest BCUT2D eigenvalue weighted by molar-refractivity contribution is 0.197. The fourth-order valence-corrected chi connectivity index (χ4v) is 3.11. The number of nitrogens with one attached hydrogen (secondary N) is 2. The Labute approximate surface area is 115 Å². The lowest BCUT2D eigenvalue weighted by atomic mass is 10.0. The number of para-hydroxylation sites is 1. The molecule has 1 aromatic carbocycles. The molecule has 0 spiro atoms. The maximum atomic E-state index is 3.41. The fraction of sp³-hybridized carbons (Fsp3) is 0.500. The molecule has 1 atom stereocenters. The number of aromatic nitrogens is 1. The normalized spacial score (nSPS) is 21.0. The van der Waals surface area contributed by atoms with E-state index in [1.54, 1.807) is 0 Å². The highest BCUT2D eigenvalue weighted by molar-refractivity contribution is 5.83. The molecule has 0 amide bonds. The van der Waals surface area contributed by atoms with E-state index in [0.717, 1.165) is 6.42 Å². The van der Waals surface area contributed by atoms with Gasteiger partial charge in [0.05, 0.1) is 0 Å². The number of hydrogen-bond acceptors (Lipinski definition) is 2. The van der Waals surface area contributed by atoms with Crippen molar-refractivity contribution in [3.8, 4) is 0 Å². The van der Waals surface area contributed by atoms with E-state index in [-0.39, 0.29) is 0 Å². The number of benzene rings is 1. The summed E-state index contributed by atoms with van der Waals surface area (Å²) in [7, 11) is 2.08. The van der Waals surface area contributed by atoms with E-state index in [4.69, 9.17) is 0 Å². The van der Waals surface area contributed by atoms with E-state index < -0.39 is 0 Å². The number of likely N-dealkylation sites (N-methyl/N-ethyl adjacent to an activating group) is 1. The molecule has 1 fully saturated rings. The zero-order valence-corrected chi connectivity index (χ0v) is 11.7. The van der Waals surface area contributed by atoms with Gasteiger partial charge < -0.3 is 15.2 Å². The average Bonchev–Trinajstić information content (AvgIpc) is 2.89. The molecule has 0 radical (unpaired) electrons. The Balaban J connectivity index is 1.63. The number of piperidine rings is 1. The van der Waals surface area contributed by atoms with Gasteiger partial charge in [-0.25, -0.2) is 0 Å². The van der Waals surface area contributed by atoms with E-state index in [0.29, 0.717) is 6.04 Å². The van der Waals surface area contributed by atoms with Crippen LogP contribution in [0.4, 0.5) is 0 Å². The third kappa shape index (κ3) is 2.82. The maximum absolute atomic E-state index is 3.41. The molecule has 1 saturated heterocycles. The van der Waals surface area contributed by atoms with Gasteiger partial charge in [-0.1, -0.05) is 18.2 Å². The van der Waals surface area contributed by atoms with Gasteiger partial charge in [-0.05, 0) is 44.5 Å². The van der Waals surface area contributed by atoms with Gasteiger partial charge in [0.25, 0.3) is 0 Å². The van der Waals surface area contributed by atoms with Crippen LogP contribution >= 0.6 is 0 Å². The number of likely N-dealkylation sites (tertiary alicyclic amines) is 1. The molecule has 0 aliphatic carbocycles. The molecule has 1 unspecified atom stereocenters. The summed E-state index contributed by atoms with van der Waals surface area (Å²) >= 11 is 0. The van der Waals surface area contributed by atoms with Gasteiger partial charge in [0.2, 0.25) is 0 Å². The van der Waals surface area contributed by atoms with E-state index in [9.17, 15) is 0 Å². The Morgan fingerprint density at radius 2 is 2.26 bits per heavy atom. The highest BCUT2D eigenvalue weighted by Crippen LogP contribution is 2.19. The highest BCUT2D eigenvalue weighted by Gasteiger charge is 2.18. The summed E-state index contributed by atoms with van der Waals surface area (Å²) in [6, 6.07) is 9.25. The van der Waals surface area contributed by atoms with Crippen LogP contribution in [-0.2, 0) is 6.42 Å². The quantitative estimate of drug-likeness (QED) is 0.881. The predicted octanol–water partition coefficient (Wildman–Crippen LogP) is 2.39. The zero-order chi connectivity index (χ0) is 13.1.